The molecule has 0 aliphatic carbocycles. The van der Waals surface area contributed by atoms with Crippen LogP contribution in [0.15, 0.2) is 72.8 Å². The standard InChI is InChI=1S/C21H21O4Si.BrH.Mg/c1-23-16-7-4-10-19(13-16)26(22,20-11-5-8-17(14-20)24-2)21-12-6-9-18(15-21)25-3;;/h4-15H,1-3H3;1H;/q-1;;+2/p-1. The fourth-order valence-electron chi connectivity index (χ4n) is 3.03. The van der Waals surface area contributed by atoms with Crippen LogP contribution < -0.4 is 51.5 Å². The van der Waals surface area contributed by atoms with E-state index in [1.807, 2.05) is 72.8 Å². The average Bonchev–Trinajstić information content (AvgIpc) is 2.73. The van der Waals surface area contributed by atoms with E-state index in [9.17, 15) is 4.80 Å². The number of hydrogen-bond acceptors (Lipinski definition) is 4. The van der Waals surface area contributed by atoms with E-state index in [1.54, 1.807) is 21.3 Å². The number of hydrogen-bond donors (Lipinski definition) is 0. The Kier molecular flexibility index (Phi) is 9.52. The third-order valence-electron chi connectivity index (χ3n) is 4.43. The fourth-order valence-corrected chi connectivity index (χ4v) is 6.06. The second-order valence-corrected chi connectivity index (χ2v) is 8.97. The van der Waals surface area contributed by atoms with E-state index >= 15 is 0 Å². The van der Waals surface area contributed by atoms with Gasteiger partial charge in [0.2, 0.25) is 0 Å². The predicted molar refractivity (Wildman–Crippen MR) is 109 cm³/mol. The van der Waals surface area contributed by atoms with Gasteiger partial charge in [-0.3, -0.25) is 0 Å². The van der Waals surface area contributed by atoms with Gasteiger partial charge in [0.05, 0.1) is 29.6 Å². The molecule has 0 bridgehead atoms. The summed E-state index contributed by atoms with van der Waals surface area (Å²) in [6, 6.07) is 22.2. The summed E-state index contributed by atoms with van der Waals surface area (Å²) in [6.07, 6.45) is 0. The molecule has 0 aliphatic rings. The molecule has 0 unspecified atom stereocenters. The van der Waals surface area contributed by atoms with E-state index in [-0.39, 0.29) is 40.0 Å². The molecule has 0 radical (unpaired) electrons. The van der Waals surface area contributed by atoms with Crippen LogP contribution in [-0.4, -0.2) is 52.7 Å². The van der Waals surface area contributed by atoms with Gasteiger partial charge in [0.15, 0.2) is 0 Å². The summed E-state index contributed by atoms with van der Waals surface area (Å²) in [4.78, 5) is 14.5. The number of methoxy groups -OCH3 is 3. The Labute approximate surface area is 193 Å². The minimum absolute atomic E-state index is 0. The molecule has 142 valence electrons. The van der Waals surface area contributed by atoms with Crippen molar-refractivity contribution in [3.63, 3.8) is 0 Å². The van der Waals surface area contributed by atoms with Crippen molar-refractivity contribution in [3.05, 3.63) is 72.8 Å². The monoisotopic (exact) mass is 468 g/mol. The molecule has 3 aromatic rings. The molecular weight excluding hydrogens is 449 g/mol. The largest absolute Gasteiger partial charge is 2.00 e. The second-order valence-electron chi connectivity index (χ2n) is 5.88. The minimum atomic E-state index is -3.51. The molecule has 0 N–H and O–H groups in total. The summed E-state index contributed by atoms with van der Waals surface area (Å²) in [7, 11) is 1.29. The van der Waals surface area contributed by atoms with Gasteiger partial charge in [0.1, 0.15) is 17.2 Å². The normalized spacial score (nSPS) is 10.3. The quantitative estimate of drug-likeness (QED) is 0.300. The van der Waals surface area contributed by atoms with Gasteiger partial charge in [-0.05, 0) is 36.4 Å². The zero-order valence-corrected chi connectivity index (χ0v) is 20.1. The van der Waals surface area contributed by atoms with Gasteiger partial charge in [0, 0.05) is 0 Å². The summed E-state index contributed by atoms with van der Waals surface area (Å²) in [5.41, 5.74) is 0. The van der Waals surface area contributed by atoms with Crippen LogP contribution in [0.5, 0.6) is 17.2 Å². The molecule has 0 fully saturated rings. The van der Waals surface area contributed by atoms with Gasteiger partial charge in [0.25, 0.3) is 0 Å². The van der Waals surface area contributed by atoms with Crippen molar-refractivity contribution in [1.29, 1.82) is 0 Å². The SMILES string of the molecule is COc1cccc([Si]([O-])(c2cccc(OC)c2)c2cccc(OC)c2)c1.[Br-].[Mg+2]. The van der Waals surface area contributed by atoms with Crippen molar-refractivity contribution in [2.24, 2.45) is 0 Å². The molecule has 0 saturated heterocycles. The van der Waals surface area contributed by atoms with E-state index in [2.05, 4.69) is 0 Å². The summed E-state index contributed by atoms with van der Waals surface area (Å²) < 4.78 is 16.0. The number of benzene rings is 3. The smallest absolute Gasteiger partial charge is 1.00 e. The first-order valence-corrected chi connectivity index (χ1v) is 10.2. The second kappa shape index (κ2) is 10.9. The molecule has 0 heterocycles. The van der Waals surface area contributed by atoms with Gasteiger partial charge >= 0.3 is 23.1 Å². The van der Waals surface area contributed by atoms with E-state index in [4.69, 9.17) is 14.2 Å². The molecule has 0 amide bonds. The summed E-state index contributed by atoms with van der Waals surface area (Å²) in [6.45, 7) is 0. The van der Waals surface area contributed by atoms with Crippen molar-refractivity contribution >= 4 is 46.9 Å². The first-order valence-electron chi connectivity index (χ1n) is 8.26. The Morgan fingerprint density at radius 3 is 1.14 bits per heavy atom. The zero-order valence-electron chi connectivity index (χ0n) is 16.1. The molecule has 0 atom stereocenters. The van der Waals surface area contributed by atoms with E-state index in [0.29, 0.717) is 17.2 Å². The predicted octanol–water partition coefficient (Wildman–Crippen LogP) is -2.34. The number of halogens is 1. The molecular formula is C21H21BrMgO4Si. The molecule has 7 heteroatoms. The van der Waals surface area contributed by atoms with Crippen molar-refractivity contribution in [3.8, 4) is 17.2 Å². The molecule has 3 rings (SSSR count). The third-order valence-corrected chi connectivity index (χ3v) is 7.80. The van der Waals surface area contributed by atoms with Crippen LogP contribution in [0.4, 0.5) is 0 Å². The molecule has 3 aromatic carbocycles. The Balaban J connectivity index is 0.00000196. The molecule has 4 nitrogen and oxygen atoms in total. The maximum Gasteiger partial charge on any atom is 2.00 e. The van der Waals surface area contributed by atoms with Crippen LogP contribution in [0, 0.1) is 0 Å². The maximum absolute atomic E-state index is 14.5. The first-order chi connectivity index (χ1) is 12.6. The van der Waals surface area contributed by atoms with Crippen LogP contribution in [-0.2, 0) is 0 Å². The van der Waals surface area contributed by atoms with Gasteiger partial charge in [-0.1, -0.05) is 52.0 Å². The topological polar surface area (TPSA) is 50.8 Å². The van der Waals surface area contributed by atoms with Crippen LogP contribution in [0.3, 0.4) is 0 Å². The molecule has 0 saturated carbocycles. The Bertz CT molecular complexity index is 791. The average molecular weight is 470 g/mol. The van der Waals surface area contributed by atoms with Crippen molar-refractivity contribution in [2.45, 2.75) is 0 Å². The summed E-state index contributed by atoms with van der Waals surface area (Å²) >= 11 is 0. The van der Waals surface area contributed by atoms with Crippen molar-refractivity contribution < 1.29 is 36.0 Å². The molecule has 0 spiro atoms. The van der Waals surface area contributed by atoms with Crippen molar-refractivity contribution in [1.82, 2.24) is 0 Å². The zero-order chi connectivity index (χ0) is 18.6. The third kappa shape index (κ3) is 4.90. The summed E-state index contributed by atoms with van der Waals surface area (Å²) in [5, 5.41) is 2.16. The van der Waals surface area contributed by atoms with E-state index in [1.165, 1.54) is 0 Å². The number of rotatable bonds is 6. The van der Waals surface area contributed by atoms with Crippen LogP contribution >= 0.6 is 0 Å². The number of ether oxygens (including phenoxy) is 3. The summed E-state index contributed by atoms with van der Waals surface area (Å²) in [5.74, 6) is 2.00. The van der Waals surface area contributed by atoms with Crippen LogP contribution in [0.25, 0.3) is 0 Å². The fraction of sp³-hybridized carbons (Fsp3) is 0.143. The van der Waals surface area contributed by atoms with E-state index < -0.39 is 8.32 Å². The Hall–Kier alpha value is -1.52. The van der Waals surface area contributed by atoms with Gasteiger partial charge < -0.3 is 36.0 Å². The molecule has 0 aliphatic heterocycles. The van der Waals surface area contributed by atoms with Crippen LogP contribution in [0.1, 0.15) is 0 Å². The van der Waals surface area contributed by atoms with E-state index in [0.717, 1.165) is 15.6 Å². The van der Waals surface area contributed by atoms with Crippen molar-refractivity contribution in [2.75, 3.05) is 21.3 Å². The van der Waals surface area contributed by atoms with Gasteiger partial charge in [-0.25, -0.2) is 0 Å². The van der Waals surface area contributed by atoms with Gasteiger partial charge in [-0.15, -0.1) is 0 Å². The maximum atomic E-state index is 14.5. The Morgan fingerprint density at radius 1 is 0.607 bits per heavy atom. The Morgan fingerprint density at radius 2 is 0.893 bits per heavy atom. The molecule has 0 aromatic heterocycles. The first kappa shape index (κ1) is 24.5. The molecule has 28 heavy (non-hydrogen) atoms. The minimum Gasteiger partial charge on any atom is -1.00 e. The van der Waals surface area contributed by atoms with Gasteiger partial charge in [-0.2, -0.15) is 0 Å². The van der Waals surface area contributed by atoms with Crippen LogP contribution in [0.2, 0.25) is 0 Å².